The summed E-state index contributed by atoms with van der Waals surface area (Å²) < 4.78 is 25.6. The summed E-state index contributed by atoms with van der Waals surface area (Å²) in [7, 11) is 0.357. The van der Waals surface area contributed by atoms with Crippen LogP contribution < -0.4 is 14.5 Å². The van der Waals surface area contributed by atoms with Crippen LogP contribution in [0.4, 0.5) is 11.4 Å². The van der Waals surface area contributed by atoms with E-state index in [0.29, 0.717) is 12.2 Å². The largest absolute Gasteiger partial charge is 0.378 e. The summed E-state index contributed by atoms with van der Waals surface area (Å²) >= 11 is 0. The second-order valence-corrected chi connectivity index (χ2v) is 8.67. The lowest BCUT2D eigenvalue weighted by molar-refractivity contribution is -0.121. The maximum Gasteiger partial charge on any atom is 0.232 e. The predicted octanol–water partition coefficient (Wildman–Crippen LogP) is 2.53. The molecule has 2 aromatic carbocycles. The molecule has 0 unspecified atom stereocenters. The number of carbonyl (C=O) groups is 1. The number of rotatable bonds is 8. The molecule has 2 aromatic rings. The van der Waals surface area contributed by atoms with Crippen molar-refractivity contribution in [2.45, 2.75) is 19.9 Å². The summed E-state index contributed by atoms with van der Waals surface area (Å²) in [5, 5.41) is 2.84. The second kappa shape index (κ2) is 8.90. The Bertz CT molecular complexity index is 878. The van der Waals surface area contributed by atoms with Crippen LogP contribution in [-0.2, 0) is 21.4 Å². The van der Waals surface area contributed by atoms with E-state index in [9.17, 15) is 13.2 Å². The van der Waals surface area contributed by atoms with Crippen molar-refractivity contribution < 1.29 is 13.2 Å². The molecule has 27 heavy (non-hydrogen) atoms. The Morgan fingerprint density at radius 2 is 1.67 bits per heavy atom. The fourth-order valence-electron chi connectivity index (χ4n) is 2.72. The maximum atomic E-state index is 12.2. The van der Waals surface area contributed by atoms with Gasteiger partial charge >= 0.3 is 0 Å². The number of carbonyl (C=O) groups excluding carboxylic acids is 1. The molecule has 146 valence electrons. The van der Waals surface area contributed by atoms with Gasteiger partial charge in [0.15, 0.2) is 0 Å². The molecule has 0 saturated heterocycles. The highest BCUT2D eigenvalue weighted by Gasteiger charge is 2.18. The Morgan fingerprint density at radius 3 is 2.22 bits per heavy atom. The van der Waals surface area contributed by atoms with E-state index < -0.39 is 10.0 Å². The Balaban J connectivity index is 1.99. The van der Waals surface area contributed by atoms with Gasteiger partial charge in [0.05, 0.1) is 11.9 Å². The summed E-state index contributed by atoms with van der Waals surface area (Å²) in [4.78, 5) is 14.1. The van der Waals surface area contributed by atoms with Gasteiger partial charge in [0.2, 0.25) is 15.9 Å². The predicted molar refractivity (Wildman–Crippen MR) is 111 cm³/mol. The number of sulfonamides is 1. The van der Waals surface area contributed by atoms with Crippen LogP contribution in [-0.4, -0.2) is 41.2 Å². The number of nitrogens with one attached hydrogen (secondary N) is 1. The number of nitrogens with zero attached hydrogens (tertiary/aromatic N) is 2. The van der Waals surface area contributed by atoms with E-state index in [4.69, 9.17) is 0 Å². The molecular weight excluding hydrogens is 362 g/mol. The van der Waals surface area contributed by atoms with Crippen LogP contribution in [0.1, 0.15) is 17.5 Å². The van der Waals surface area contributed by atoms with Crippen molar-refractivity contribution >= 4 is 27.3 Å². The summed E-state index contributed by atoms with van der Waals surface area (Å²) in [5.41, 5.74) is 3.67. The van der Waals surface area contributed by atoms with E-state index in [-0.39, 0.29) is 18.9 Å². The third-order valence-electron chi connectivity index (χ3n) is 4.17. The first kappa shape index (κ1) is 20.8. The van der Waals surface area contributed by atoms with Crippen LogP contribution in [0.5, 0.6) is 0 Å². The molecular formula is C20H27N3O3S. The highest BCUT2D eigenvalue weighted by Crippen LogP contribution is 2.21. The van der Waals surface area contributed by atoms with Crippen LogP contribution >= 0.6 is 0 Å². The fraction of sp³-hybridized carbons (Fsp3) is 0.350. The van der Waals surface area contributed by atoms with Crippen molar-refractivity contribution in [2.75, 3.05) is 36.1 Å². The Morgan fingerprint density at radius 1 is 1.04 bits per heavy atom. The quantitative estimate of drug-likeness (QED) is 0.753. The molecule has 1 N–H and O–H groups in total. The van der Waals surface area contributed by atoms with E-state index in [1.807, 2.05) is 62.3 Å². The molecule has 0 bridgehead atoms. The highest BCUT2D eigenvalue weighted by atomic mass is 32.2. The van der Waals surface area contributed by atoms with E-state index in [2.05, 4.69) is 5.32 Å². The smallest absolute Gasteiger partial charge is 0.232 e. The Kier molecular flexibility index (Phi) is 6.85. The van der Waals surface area contributed by atoms with Crippen LogP contribution in [0, 0.1) is 6.92 Å². The van der Waals surface area contributed by atoms with Gasteiger partial charge in [0.1, 0.15) is 0 Å². The molecule has 0 heterocycles. The minimum absolute atomic E-state index is 0.0916. The zero-order valence-electron chi connectivity index (χ0n) is 16.3. The maximum absolute atomic E-state index is 12.2. The van der Waals surface area contributed by atoms with E-state index in [0.717, 1.165) is 23.1 Å². The standard InChI is InChI=1S/C20H27N3O3S/c1-16-6-5-7-17(14-16)15-21-20(24)12-13-23(27(4,25)26)19-10-8-18(9-11-19)22(2)3/h5-11,14H,12-13,15H2,1-4H3,(H,21,24). The number of amides is 1. The first-order chi connectivity index (χ1) is 12.7. The number of anilines is 2. The lowest BCUT2D eigenvalue weighted by atomic mass is 10.1. The molecule has 6 nitrogen and oxygen atoms in total. The average Bonchev–Trinajstić information content (AvgIpc) is 2.59. The summed E-state index contributed by atoms with van der Waals surface area (Å²) in [6, 6.07) is 15.1. The summed E-state index contributed by atoms with van der Waals surface area (Å²) in [5.74, 6) is -0.185. The van der Waals surface area contributed by atoms with Gasteiger partial charge in [0, 0.05) is 39.3 Å². The van der Waals surface area contributed by atoms with Crippen LogP contribution in [0.2, 0.25) is 0 Å². The van der Waals surface area contributed by atoms with Gasteiger partial charge in [-0.1, -0.05) is 29.8 Å². The molecule has 0 atom stereocenters. The molecule has 1 amide bonds. The molecule has 7 heteroatoms. The average molecular weight is 390 g/mol. The Labute approximate surface area is 161 Å². The fourth-order valence-corrected chi connectivity index (χ4v) is 3.65. The summed E-state index contributed by atoms with van der Waals surface area (Å²) in [6.45, 7) is 2.52. The van der Waals surface area contributed by atoms with Crippen LogP contribution in [0.15, 0.2) is 48.5 Å². The number of hydrogen-bond acceptors (Lipinski definition) is 4. The third kappa shape index (κ3) is 6.29. The van der Waals surface area contributed by atoms with Gasteiger partial charge in [-0.3, -0.25) is 9.10 Å². The zero-order valence-corrected chi connectivity index (χ0v) is 17.1. The zero-order chi connectivity index (χ0) is 20.0. The molecule has 0 saturated carbocycles. The van der Waals surface area contributed by atoms with Gasteiger partial charge in [-0.05, 0) is 36.8 Å². The van der Waals surface area contributed by atoms with Crippen molar-refractivity contribution in [1.29, 1.82) is 0 Å². The van der Waals surface area contributed by atoms with Gasteiger partial charge in [-0.15, -0.1) is 0 Å². The normalized spacial score (nSPS) is 11.1. The van der Waals surface area contributed by atoms with Gasteiger partial charge in [-0.2, -0.15) is 0 Å². The minimum atomic E-state index is -3.48. The number of aryl methyl sites for hydroxylation is 1. The monoisotopic (exact) mass is 389 g/mol. The number of hydrogen-bond donors (Lipinski definition) is 1. The lowest BCUT2D eigenvalue weighted by Gasteiger charge is -2.23. The third-order valence-corrected chi connectivity index (χ3v) is 5.36. The first-order valence-electron chi connectivity index (χ1n) is 8.74. The van der Waals surface area contributed by atoms with Crippen molar-refractivity contribution in [3.8, 4) is 0 Å². The van der Waals surface area contributed by atoms with E-state index in [1.54, 1.807) is 12.1 Å². The van der Waals surface area contributed by atoms with Gasteiger partial charge in [0.25, 0.3) is 0 Å². The van der Waals surface area contributed by atoms with Crippen molar-refractivity contribution in [2.24, 2.45) is 0 Å². The van der Waals surface area contributed by atoms with Crippen molar-refractivity contribution in [1.82, 2.24) is 5.32 Å². The first-order valence-corrected chi connectivity index (χ1v) is 10.6. The highest BCUT2D eigenvalue weighted by molar-refractivity contribution is 7.92. The molecule has 0 aliphatic rings. The number of benzene rings is 2. The van der Waals surface area contributed by atoms with Gasteiger partial charge in [-0.25, -0.2) is 8.42 Å². The van der Waals surface area contributed by atoms with Crippen molar-refractivity contribution in [3.63, 3.8) is 0 Å². The second-order valence-electron chi connectivity index (χ2n) is 6.76. The molecule has 2 rings (SSSR count). The summed E-state index contributed by atoms with van der Waals surface area (Å²) in [6.07, 6.45) is 1.24. The minimum Gasteiger partial charge on any atom is -0.378 e. The van der Waals surface area contributed by atoms with Crippen LogP contribution in [0.3, 0.4) is 0 Å². The molecule has 0 aliphatic carbocycles. The van der Waals surface area contributed by atoms with Gasteiger partial charge < -0.3 is 10.2 Å². The van der Waals surface area contributed by atoms with E-state index in [1.165, 1.54) is 4.31 Å². The Hall–Kier alpha value is -2.54. The van der Waals surface area contributed by atoms with Crippen molar-refractivity contribution in [3.05, 3.63) is 59.7 Å². The molecule has 0 fully saturated rings. The van der Waals surface area contributed by atoms with E-state index >= 15 is 0 Å². The van der Waals surface area contributed by atoms with Crippen LogP contribution in [0.25, 0.3) is 0 Å². The lowest BCUT2D eigenvalue weighted by Crippen LogP contribution is -2.34. The SMILES string of the molecule is Cc1cccc(CNC(=O)CCN(c2ccc(N(C)C)cc2)S(C)(=O)=O)c1. The molecule has 0 radical (unpaired) electrons. The topological polar surface area (TPSA) is 69.7 Å². The molecule has 0 spiro atoms. The molecule has 0 aliphatic heterocycles. The molecule has 0 aromatic heterocycles.